The van der Waals surface area contributed by atoms with Gasteiger partial charge in [0.1, 0.15) is 0 Å². The topological polar surface area (TPSA) is 57.6 Å². The lowest BCUT2D eigenvalue weighted by atomic mass is 10.2. The van der Waals surface area contributed by atoms with Crippen LogP contribution in [0.1, 0.15) is 25.7 Å². The summed E-state index contributed by atoms with van der Waals surface area (Å²) >= 11 is 3.31. The van der Waals surface area contributed by atoms with Gasteiger partial charge in [-0.25, -0.2) is 8.42 Å². The van der Waals surface area contributed by atoms with Gasteiger partial charge in [0.25, 0.3) is 0 Å². The van der Waals surface area contributed by atoms with Crippen LogP contribution in [-0.4, -0.2) is 49.9 Å². The van der Waals surface area contributed by atoms with E-state index >= 15 is 0 Å². The molecule has 0 atom stereocenters. The van der Waals surface area contributed by atoms with Gasteiger partial charge in [-0.1, -0.05) is 28.8 Å². The molecule has 2 rings (SSSR count). The van der Waals surface area contributed by atoms with E-state index in [0.29, 0.717) is 24.0 Å². The van der Waals surface area contributed by atoms with Crippen LogP contribution in [0.5, 0.6) is 0 Å². The van der Waals surface area contributed by atoms with Gasteiger partial charge in [-0.2, -0.15) is 0 Å². The molecule has 21 heavy (non-hydrogen) atoms. The Kier molecular flexibility index (Phi) is 6.22. The minimum atomic E-state index is -3.26. The van der Waals surface area contributed by atoms with Crippen molar-refractivity contribution in [2.75, 3.05) is 25.4 Å². The van der Waals surface area contributed by atoms with Gasteiger partial charge >= 0.3 is 0 Å². The highest BCUT2D eigenvalue weighted by molar-refractivity contribution is 9.10. The zero-order chi connectivity index (χ0) is 15.3. The second-order valence-electron chi connectivity index (χ2n) is 5.47. The van der Waals surface area contributed by atoms with Crippen molar-refractivity contribution >= 4 is 25.8 Å². The molecular weight excluding hydrogens is 354 g/mol. The molecule has 1 aromatic carbocycles. The Morgan fingerprint density at radius 2 is 1.76 bits per heavy atom. The molecule has 1 N–H and O–H groups in total. The largest absolute Gasteiger partial charge is 0.395 e. The van der Waals surface area contributed by atoms with Crippen molar-refractivity contribution in [1.82, 2.24) is 4.90 Å². The van der Waals surface area contributed by atoms with Gasteiger partial charge in [0.15, 0.2) is 9.84 Å². The van der Waals surface area contributed by atoms with Crippen molar-refractivity contribution in [3.8, 4) is 0 Å². The highest BCUT2D eigenvalue weighted by atomic mass is 79.9. The molecule has 0 spiro atoms. The predicted molar refractivity (Wildman–Crippen MR) is 87.1 cm³/mol. The summed E-state index contributed by atoms with van der Waals surface area (Å²) in [5.74, 6) is 0.102. The van der Waals surface area contributed by atoms with E-state index < -0.39 is 9.84 Å². The number of benzene rings is 1. The van der Waals surface area contributed by atoms with Gasteiger partial charge < -0.3 is 5.11 Å². The van der Waals surface area contributed by atoms with Gasteiger partial charge in [-0.05, 0) is 37.1 Å². The summed E-state index contributed by atoms with van der Waals surface area (Å²) in [5, 5.41) is 9.18. The SMILES string of the molecule is O=S(=O)(CCN(CCO)C1CCCC1)c1ccc(Br)cc1. The van der Waals surface area contributed by atoms with Gasteiger partial charge in [-0.15, -0.1) is 0 Å². The Hall–Kier alpha value is -0.430. The second-order valence-corrected chi connectivity index (χ2v) is 8.50. The van der Waals surface area contributed by atoms with Gasteiger partial charge in [0.2, 0.25) is 0 Å². The van der Waals surface area contributed by atoms with Crippen LogP contribution in [0.4, 0.5) is 0 Å². The Labute approximate surface area is 135 Å². The number of rotatable bonds is 7. The Bertz CT molecular complexity index is 539. The summed E-state index contributed by atoms with van der Waals surface area (Å²) in [6.07, 6.45) is 4.62. The fraction of sp³-hybridized carbons (Fsp3) is 0.600. The standard InChI is InChI=1S/C15H22BrNO3S/c16-13-5-7-15(8-6-13)21(19,20)12-10-17(9-11-18)14-3-1-2-4-14/h5-8,14,18H,1-4,9-12H2. The number of nitrogens with zero attached hydrogens (tertiary/aromatic N) is 1. The Morgan fingerprint density at radius 1 is 1.14 bits per heavy atom. The van der Waals surface area contributed by atoms with Crippen molar-refractivity contribution in [2.24, 2.45) is 0 Å². The maximum atomic E-state index is 12.4. The molecule has 1 aliphatic rings. The van der Waals surface area contributed by atoms with E-state index in [1.807, 2.05) is 0 Å². The smallest absolute Gasteiger partial charge is 0.179 e. The molecule has 0 radical (unpaired) electrons. The minimum absolute atomic E-state index is 0.0782. The third-order valence-corrected chi connectivity index (χ3v) is 6.29. The molecule has 0 aliphatic heterocycles. The van der Waals surface area contributed by atoms with Gasteiger partial charge in [0, 0.05) is 23.6 Å². The maximum absolute atomic E-state index is 12.4. The lowest BCUT2D eigenvalue weighted by Gasteiger charge is -2.27. The molecule has 0 amide bonds. The molecular formula is C15H22BrNO3S. The van der Waals surface area contributed by atoms with Gasteiger partial charge in [-0.3, -0.25) is 4.90 Å². The first kappa shape index (κ1) is 16.9. The average molecular weight is 376 g/mol. The first-order valence-electron chi connectivity index (χ1n) is 7.36. The van der Waals surface area contributed by atoms with Crippen LogP contribution in [0, 0.1) is 0 Å². The quantitative estimate of drug-likeness (QED) is 0.794. The van der Waals surface area contributed by atoms with Crippen molar-refractivity contribution < 1.29 is 13.5 Å². The normalized spacial score (nSPS) is 16.7. The van der Waals surface area contributed by atoms with E-state index in [9.17, 15) is 13.5 Å². The molecule has 1 fully saturated rings. The third kappa shape index (κ3) is 4.77. The van der Waals surface area contributed by atoms with Crippen LogP contribution >= 0.6 is 15.9 Å². The minimum Gasteiger partial charge on any atom is -0.395 e. The van der Waals surface area contributed by atoms with E-state index in [-0.39, 0.29) is 12.4 Å². The molecule has 1 aliphatic carbocycles. The van der Waals surface area contributed by atoms with E-state index in [4.69, 9.17) is 0 Å². The molecule has 4 nitrogen and oxygen atoms in total. The van der Waals surface area contributed by atoms with Crippen molar-refractivity contribution in [3.05, 3.63) is 28.7 Å². The van der Waals surface area contributed by atoms with Crippen LogP contribution in [0.15, 0.2) is 33.6 Å². The summed E-state index contributed by atoms with van der Waals surface area (Å²) in [6, 6.07) is 7.18. The number of hydrogen-bond acceptors (Lipinski definition) is 4. The molecule has 118 valence electrons. The lowest BCUT2D eigenvalue weighted by molar-refractivity contribution is 0.159. The van der Waals surface area contributed by atoms with Crippen LogP contribution < -0.4 is 0 Å². The number of hydrogen-bond donors (Lipinski definition) is 1. The highest BCUT2D eigenvalue weighted by Crippen LogP contribution is 2.23. The number of aliphatic hydroxyl groups is 1. The molecule has 0 aromatic heterocycles. The van der Waals surface area contributed by atoms with E-state index in [2.05, 4.69) is 20.8 Å². The van der Waals surface area contributed by atoms with Gasteiger partial charge in [0.05, 0.1) is 17.3 Å². The zero-order valence-electron chi connectivity index (χ0n) is 12.0. The fourth-order valence-electron chi connectivity index (χ4n) is 2.87. The summed E-state index contributed by atoms with van der Waals surface area (Å²) in [6.45, 7) is 1.12. The molecule has 0 bridgehead atoms. The first-order chi connectivity index (χ1) is 10.0. The molecule has 1 saturated carbocycles. The maximum Gasteiger partial charge on any atom is 0.179 e. The molecule has 0 unspecified atom stereocenters. The highest BCUT2D eigenvalue weighted by Gasteiger charge is 2.24. The van der Waals surface area contributed by atoms with Crippen LogP contribution in [-0.2, 0) is 9.84 Å². The van der Waals surface area contributed by atoms with Crippen LogP contribution in [0.2, 0.25) is 0 Å². The van der Waals surface area contributed by atoms with Crippen LogP contribution in [0.25, 0.3) is 0 Å². The van der Waals surface area contributed by atoms with Crippen LogP contribution in [0.3, 0.4) is 0 Å². The van der Waals surface area contributed by atoms with Crippen molar-refractivity contribution in [3.63, 3.8) is 0 Å². The molecule has 6 heteroatoms. The third-order valence-electron chi connectivity index (χ3n) is 4.05. The predicted octanol–water partition coefficient (Wildman–Crippen LogP) is 2.46. The Balaban J connectivity index is 1.99. The summed E-state index contributed by atoms with van der Waals surface area (Å²) in [4.78, 5) is 2.49. The zero-order valence-corrected chi connectivity index (χ0v) is 14.4. The number of halogens is 1. The average Bonchev–Trinajstić information content (AvgIpc) is 2.98. The monoisotopic (exact) mass is 375 g/mol. The number of sulfone groups is 1. The molecule has 1 aromatic rings. The first-order valence-corrected chi connectivity index (χ1v) is 9.81. The summed E-state index contributed by atoms with van der Waals surface area (Å²) < 4.78 is 25.6. The van der Waals surface area contributed by atoms with E-state index in [1.165, 1.54) is 12.8 Å². The van der Waals surface area contributed by atoms with E-state index in [0.717, 1.165) is 17.3 Å². The summed E-state index contributed by atoms with van der Waals surface area (Å²) in [7, 11) is -3.26. The Morgan fingerprint density at radius 3 is 2.33 bits per heavy atom. The summed E-state index contributed by atoms with van der Waals surface area (Å²) in [5.41, 5.74) is 0. The second kappa shape index (κ2) is 7.72. The fourth-order valence-corrected chi connectivity index (χ4v) is 4.40. The number of aliphatic hydroxyl groups excluding tert-OH is 1. The molecule has 0 heterocycles. The molecule has 0 saturated heterocycles. The lowest BCUT2D eigenvalue weighted by Crippen LogP contribution is -2.39. The van der Waals surface area contributed by atoms with Crippen molar-refractivity contribution in [2.45, 2.75) is 36.6 Å². The van der Waals surface area contributed by atoms with Crippen molar-refractivity contribution in [1.29, 1.82) is 0 Å². The van der Waals surface area contributed by atoms with E-state index in [1.54, 1.807) is 24.3 Å².